The molecule has 0 fully saturated rings. The van der Waals surface area contributed by atoms with Crippen molar-refractivity contribution in [2.75, 3.05) is 26.7 Å². The third-order valence-corrected chi connectivity index (χ3v) is 3.92. The number of fused-ring (bicyclic) bond motifs is 1. The molecule has 1 N–H and O–H groups in total. The molecule has 0 saturated carbocycles. The number of carbonyl (C=O) groups excluding carboxylic acids is 1. The molecule has 2 aromatic heterocycles. The minimum atomic E-state index is -4.22. The lowest BCUT2D eigenvalue weighted by Gasteiger charge is -2.18. The second kappa shape index (κ2) is 8.03. The maximum Gasteiger partial charge on any atom is 0.401 e. The molecule has 0 radical (unpaired) electrons. The topological polar surface area (TPSA) is 71.3 Å². The van der Waals surface area contributed by atoms with Gasteiger partial charge in [0.05, 0.1) is 23.2 Å². The van der Waals surface area contributed by atoms with Crippen LogP contribution in [0.3, 0.4) is 0 Å². The Morgan fingerprint density at radius 1 is 1.38 bits per heavy atom. The van der Waals surface area contributed by atoms with E-state index in [9.17, 15) is 18.0 Å². The van der Waals surface area contributed by atoms with Crippen molar-refractivity contribution in [2.24, 2.45) is 0 Å². The first-order chi connectivity index (χ1) is 12.1. The van der Waals surface area contributed by atoms with Gasteiger partial charge in [0.2, 0.25) is 0 Å². The monoisotopic (exact) mass is 372 g/mol. The predicted octanol–water partition coefficient (Wildman–Crippen LogP) is 3.27. The Balaban J connectivity index is 2.02. The molecular weight excluding hydrogens is 349 g/mol. The number of aryl methyl sites for hydroxylation is 1. The number of amides is 1. The maximum absolute atomic E-state index is 12.6. The summed E-state index contributed by atoms with van der Waals surface area (Å²) in [5, 5.41) is 7.17. The Kier molecular flexibility index (Phi) is 6.22. The molecule has 2 rings (SSSR count). The fourth-order valence-corrected chi connectivity index (χ4v) is 2.62. The summed E-state index contributed by atoms with van der Waals surface area (Å²) in [7, 11) is 1.40. The van der Waals surface area contributed by atoms with Crippen LogP contribution in [0.2, 0.25) is 0 Å². The van der Waals surface area contributed by atoms with E-state index in [1.54, 1.807) is 13.0 Å². The fraction of sp³-hybridized carbons (Fsp3) is 0.588. The summed E-state index contributed by atoms with van der Waals surface area (Å²) in [5.74, 6) is -0.212. The molecule has 0 unspecified atom stereocenters. The minimum absolute atomic E-state index is 0.104. The highest BCUT2D eigenvalue weighted by molar-refractivity contribution is 6.06. The highest BCUT2D eigenvalue weighted by Gasteiger charge is 2.28. The van der Waals surface area contributed by atoms with Crippen LogP contribution in [0.15, 0.2) is 10.6 Å². The number of nitrogens with zero attached hydrogens (tertiary/aromatic N) is 3. The largest absolute Gasteiger partial charge is 0.401 e. The Labute approximate surface area is 149 Å². The average molecular weight is 372 g/mol. The zero-order valence-electron chi connectivity index (χ0n) is 15.3. The summed E-state index contributed by atoms with van der Waals surface area (Å²) in [6, 6.07) is 1.71. The van der Waals surface area contributed by atoms with Crippen LogP contribution >= 0.6 is 0 Å². The van der Waals surface area contributed by atoms with E-state index in [0.717, 1.165) is 0 Å². The van der Waals surface area contributed by atoms with Crippen molar-refractivity contribution in [3.63, 3.8) is 0 Å². The maximum atomic E-state index is 12.6. The van der Waals surface area contributed by atoms with E-state index in [-0.39, 0.29) is 24.9 Å². The zero-order valence-corrected chi connectivity index (χ0v) is 15.3. The molecule has 0 spiro atoms. The van der Waals surface area contributed by atoms with E-state index in [0.29, 0.717) is 34.5 Å². The first-order valence-electron chi connectivity index (χ1n) is 8.39. The van der Waals surface area contributed by atoms with Gasteiger partial charge in [0.15, 0.2) is 0 Å². The summed E-state index contributed by atoms with van der Waals surface area (Å²) < 4.78 is 42.1. The second-order valence-corrected chi connectivity index (χ2v) is 6.66. The van der Waals surface area contributed by atoms with Crippen LogP contribution in [0.1, 0.15) is 47.9 Å². The lowest BCUT2D eigenvalue weighted by atomic mass is 10.0. The van der Waals surface area contributed by atoms with Crippen LogP contribution in [-0.4, -0.2) is 53.8 Å². The van der Waals surface area contributed by atoms with Crippen molar-refractivity contribution in [1.82, 2.24) is 20.4 Å². The number of halogens is 3. The van der Waals surface area contributed by atoms with Crippen molar-refractivity contribution in [3.05, 3.63) is 23.0 Å². The van der Waals surface area contributed by atoms with Crippen molar-refractivity contribution in [2.45, 2.75) is 39.3 Å². The second-order valence-electron chi connectivity index (χ2n) is 6.66. The highest BCUT2D eigenvalue weighted by atomic mass is 19.4. The first-order valence-corrected chi connectivity index (χ1v) is 8.39. The zero-order chi connectivity index (χ0) is 19.5. The smallest absolute Gasteiger partial charge is 0.352 e. The molecule has 0 aliphatic rings. The fourth-order valence-electron chi connectivity index (χ4n) is 2.62. The van der Waals surface area contributed by atoms with E-state index >= 15 is 0 Å². The van der Waals surface area contributed by atoms with Gasteiger partial charge >= 0.3 is 6.18 Å². The lowest BCUT2D eigenvalue weighted by Crippen LogP contribution is -2.33. The van der Waals surface area contributed by atoms with Crippen LogP contribution < -0.4 is 5.32 Å². The van der Waals surface area contributed by atoms with Gasteiger partial charge in [-0.25, -0.2) is 4.98 Å². The number of hydrogen-bond donors (Lipinski definition) is 1. The van der Waals surface area contributed by atoms with Gasteiger partial charge in [0, 0.05) is 12.2 Å². The van der Waals surface area contributed by atoms with Crippen molar-refractivity contribution in [3.8, 4) is 0 Å². The van der Waals surface area contributed by atoms with Gasteiger partial charge in [0.25, 0.3) is 11.6 Å². The van der Waals surface area contributed by atoms with Crippen LogP contribution in [-0.2, 0) is 0 Å². The van der Waals surface area contributed by atoms with Gasteiger partial charge in [-0.1, -0.05) is 19.0 Å². The molecule has 0 aliphatic carbocycles. The Hall–Kier alpha value is -2.16. The quantitative estimate of drug-likeness (QED) is 0.756. The Bertz CT molecular complexity index is 771. The third-order valence-electron chi connectivity index (χ3n) is 3.92. The predicted molar refractivity (Wildman–Crippen MR) is 91.1 cm³/mol. The molecule has 0 atom stereocenters. The molecule has 2 aromatic rings. The first kappa shape index (κ1) is 20.2. The van der Waals surface area contributed by atoms with E-state index in [1.807, 2.05) is 13.8 Å². The Morgan fingerprint density at radius 2 is 2.08 bits per heavy atom. The van der Waals surface area contributed by atoms with Gasteiger partial charge in [-0.2, -0.15) is 13.2 Å². The van der Waals surface area contributed by atoms with E-state index in [4.69, 9.17) is 4.52 Å². The number of aromatic nitrogens is 2. The van der Waals surface area contributed by atoms with E-state index in [2.05, 4.69) is 15.5 Å². The summed E-state index contributed by atoms with van der Waals surface area (Å²) in [4.78, 5) is 18.1. The van der Waals surface area contributed by atoms with Crippen molar-refractivity contribution in [1.29, 1.82) is 0 Å². The average Bonchev–Trinajstić information content (AvgIpc) is 2.90. The SMILES string of the molecule is Cc1noc2nc(C(C)C)cc(C(=O)NCCCN(C)CC(F)(F)F)c12. The molecule has 9 heteroatoms. The molecular formula is C17H23F3N4O2. The lowest BCUT2D eigenvalue weighted by molar-refractivity contribution is -0.143. The van der Waals surface area contributed by atoms with Crippen LogP contribution in [0.4, 0.5) is 13.2 Å². The van der Waals surface area contributed by atoms with E-state index in [1.165, 1.54) is 11.9 Å². The molecule has 0 aromatic carbocycles. The molecule has 6 nitrogen and oxygen atoms in total. The van der Waals surface area contributed by atoms with Crippen LogP contribution in [0.5, 0.6) is 0 Å². The third kappa shape index (κ3) is 5.17. The molecule has 2 heterocycles. The summed E-state index contributed by atoms with van der Waals surface area (Å²) in [6.45, 7) is 5.17. The van der Waals surface area contributed by atoms with Crippen LogP contribution in [0.25, 0.3) is 11.1 Å². The van der Waals surface area contributed by atoms with Crippen molar-refractivity contribution < 1.29 is 22.5 Å². The van der Waals surface area contributed by atoms with Crippen LogP contribution in [0, 0.1) is 6.92 Å². The number of rotatable bonds is 7. The van der Waals surface area contributed by atoms with Gasteiger partial charge in [-0.05, 0) is 38.9 Å². The minimum Gasteiger partial charge on any atom is -0.352 e. The molecule has 0 saturated heterocycles. The van der Waals surface area contributed by atoms with Gasteiger partial charge in [-0.3, -0.25) is 9.69 Å². The normalized spacial score (nSPS) is 12.3. The van der Waals surface area contributed by atoms with Gasteiger partial charge < -0.3 is 9.84 Å². The number of nitrogens with one attached hydrogen (secondary N) is 1. The Morgan fingerprint density at radius 3 is 2.69 bits per heavy atom. The number of alkyl halides is 3. The van der Waals surface area contributed by atoms with E-state index < -0.39 is 12.7 Å². The number of carbonyl (C=O) groups is 1. The molecule has 0 aliphatic heterocycles. The molecule has 26 heavy (non-hydrogen) atoms. The highest BCUT2D eigenvalue weighted by Crippen LogP contribution is 2.25. The standard InChI is InChI=1S/C17H23F3N4O2/c1-10(2)13-8-12(14-11(3)23-26-16(14)22-13)15(25)21-6-5-7-24(4)9-17(18,19)20/h8,10H,5-7,9H2,1-4H3,(H,21,25). The number of hydrogen-bond acceptors (Lipinski definition) is 5. The molecule has 144 valence electrons. The summed E-state index contributed by atoms with van der Waals surface area (Å²) in [5.41, 5.74) is 2.01. The summed E-state index contributed by atoms with van der Waals surface area (Å²) in [6.07, 6.45) is -3.81. The molecule has 0 bridgehead atoms. The molecule has 1 amide bonds. The number of pyridine rings is 1. The summed E-state index contributed by atoms with van der Waals surface area (Å²) >= 11 is 0. The van der Waals surface area contributed by atoms with Gasteiger partial charge in [0.1, 0.15) is 0 Å². The van der Waals surface area contributed by atoms with Crippen molar-refractivity contribution >= 4 is 17.0 Å². The van der Waals surface area contributed by atoms with Gasteiger partial charge in [-0.15, -0.1) is 0 Å².